The lowest BCUT2D eigenvalue weighted by Crippen LogP contribution is -2.37. The Balaban J connectivity index is 1.65. The molecule has 1 aliphatic carbocycles. The van der Waals surface area contributed by atoms with Crippen LogP contribution >= 0.6 is 0 Å². The van der Waals surface area contributed by atoms with Crippen molar-refractivity contribution in [2.75, 3.05) is 26.3 Å². The molecule has 3 fully saturated rings. The molecule has 19 heavy (non-hydrogen) atoms. The van der Waals surface area contributed by atoms with E-state index in [1.54, 1.807) is 4.90 Å². The summed E-state index contributed by atoms with van der Waals surface area (Å²) in [6.07, 6.45) is 3.82. The second-order valence-electron chi connectivity index (χ2n) is 6.08. The molecule has 0 aromatic carbocycles. The van der Waals surface area contributed by atoms with E-state index >= 15 is 0 Å². The number of carboxylic acids is 1. The summed E-state index contributed by atoms with van der Waals surface area (Å²) in [6.45, 7) is 2.36. The number of hydrogen-bond acceptors (Lipinski definition) is 3. The number of amides is 1. The van der Waals surface area contributed by atoms with E-state index in [9.17, 15) is 14.7 Å². The summed E-state index contributed by atoms with van der Waals surface area (Å²) in [5, 5.41) is 9.31. The second-order valence-corrected chi connectivity index (χ2v) is 6.08. The van der Waals surface area contributed by atoms with Gasteiger partial charge < -0.3 is 14.7 Å². The van der Waals surface area contributed by atoms with E-state index in [1.807, 2.05) is 0 Å². The van der Waals surface area contributed by atoms with Gasteiger partial charge in [0, 0.05) is 32.2 Å². The van der Waals surface area contributed by atoms with E-state index < -0.39 is 5.97 Å². The summed E-state index contributed by atoms with van der Waals surface area (Å²) in [4.78, 5) is 25.6. The lowest BCUT2D eigenvalue weighted by molar-refractivity contribution is -0.143. The van der Waals surface area contributed by atoms with Crippen molar-refractivity contribution in [1.29, 1.82) is 0 Å². The number of likely N-dealkylation sites (tertiary alicyclic amines) is 1. The van der Waals surface area contributed by atoms with E-state index in [-0.39, 0.29) is 23.7 Å². The van der Waals surface area contributed by atoms with Crippen molar-refractivity contribution in [2.24, 2.45) is 23.7 Å². The maximum absolute atomic E-state index is 12.4. The minimum Gasteiger partial charge on any atom is -0.481 e. The number of carbonyl (C=O) groups is 2. The maximum atomic E-state index is 12.4. The van der Waals surface area contributed by atoms with Gasteiger partial charge in [0.15, 0.2) is 0 Å². The number of ether oxygens (including phenoxy) is 1. The van der Waals surface area contributed by atoms with Crippen LogP contribution in [0.2, 0.25) is 0 Å². The highest BCUT2D eigenvalue weighted by Crippen LogP contribution is 2.44. The normalized spacial score (nSPS) is 32.5. The molecule has 3 aliphatic rings. The molecule has 0 unspecified atom stereocenters. The average Bonchev–Trinajstić information content (AvgIpc) is 3.17. The van der Waals surface area contributed by atoms with E-state index in [1.165, 1.54) is 0 Å². The molecule has 2 heterocycles. The van der Waals surface area contributed by atoms with Crippen LogP contribution in [0.15, 0.2) is 0 Å². The fraction of sp³-hybridized carbons (Fsp3) is 0.857. The molecule has 1 saturated carbocycles. The first-order valence-corrected chi connectivity index (χ1v) is 7.26. The number of carbonyl (C=O) groups excluding carboxylic acids is 1. The third-order valence-corrected chi connectivity index (χ3v) is 4.79. The number of carboxylic acid groups (broad SMARTS) is 1. The fourth-order valence-corrected chi connectivity index (χ4v) is 3.47. The molecule has 5 heteroatoms. The Hall–Kier alpha value is -1.10. The van der Waals surface area contributed by atoms with E-state index in [4.69, 9.17) is 4.74 Å². The van der Waals surface area contributed by atoms with Crippen molar-refractivity contribution < 1.29 is 19.4 Å². The SMILES string of the molecule is O=C(O)[C@@H]1CN(C(=O)C2CCOCC2)C[C@H]1C1CC1. The molecule has 5 nitrogen and oxygen atoms in total. The first-order valence-electron chi connectivity index (χ1n) is 7.26. The minimum atomic E-state index is -0.737. The quantitative estimate of drug-likeness (QED) is 0.828. The summed E-state index contributed by atoms with van der Waals surface area (Å²) >= 11 is 0. The highest BCUT2D eigenvalue weighted by atomic mass is 16.5. The minimum absolute atomic E-state index is 0.0427. The van der Waals surface area contributed by atoms with Crippen molar-refractivity contribution in [1.82, 2.24) is 4.90 Å². The fourth-order valence-electron chi connectivity index (χ4n) is 3.47. The van der Waals surface area contributed by atoms with E-state index in [2.05, 4.69) is 0 Å². The maximum Gasteiger partial charge on any atom is 0.308 e. The lowest BCUT2D eigenvalue weighted by Gasteiger charge is -2.26. The van der Waals surface area contributed by atoms with Gasteiger partial charge in [0.25, 0.3) is 0 Å². The van der Waals surface area contributed by atoms with Crippen LogP contribution in [-0.2, 0) is 14.3 Å². The van der Waals surface area contributed by atoms with Crippen molar-refractivity contribution >= 4 is 11.9 Å². The van der Waals surface area contributed by atoms with Crippen LogP contribution in [0.4, 0.5) is 0 Å². The van der Waals surface area contributed by atoms with Crippen LogP contribution in [-0.4, -0.2) is 48.2 Å². The third-order valence-electron chi connectivity index (χ3n) is 4.79. The van der Waals surface area contributed by atoms with Crippen LogP contribution < -0.4 is 0 Å². The molecule has 3 rings (SSSR count). The zero-order chi connectivity index (χ0) is 13.4. The molecular formula is C14H21NO4. The number of aliphatic carboxylic acids is 1. The van der Waals surface area contributed by atoms with Gasteiger partial charge in [-0.05, 0) is 37.5 Å². The van der Waals surface area contributed by atoms with Crippen LogP contribution in [0, 0.1) is 23.7 Å². The Morgan fingerprint density at radius 3 is 2.32 bits per heavy atom. The molecule has 2 saturated heterocycles. The molecular weight excluding hydrogens is 246 g/mol. The van der Waals surface area contributed by atoms with Gasteiger partial charge >= 0.3 is 5.97 Å². The summed E-state index contributed by atoms with van der Waals surface area (Å²) in [6, 6.07) is 0. The van der Waals surface area contributed by atoms with Crippen LogP contribution in [0.5, 0.6) is 0 Å². The monoisotopic (exact) mass is 267 g/mol. The molecule has 0 spiro atoms. The van der Waals surface area contributed by atoms with E-state index in [0.717, 1.165) is 25.7 Å². The van der Waals surface area contributed by atoms with Crippen LogP contribution in [0.25, 0.3) is 0 Å². The van der Waals surface area contributed by atoms with Gasteiger partial charge in [0.1, 0.15) is 0 Å². The van der Waals surface area contributed by atoms with Gasteiger partial charge in [-0.25, -0.2) is 0 Å². The van der Waals surface area contributed by atoms with Crippen LogP contribution in [0.1, 0.15) is 25.7 Å². The van der Waals surface area contributed by atoms with Crippen LogP contribution in [0.3, 0.4) is 0 Å². The topological polar surface area (TPSA) is 66.8 Å². The number of hydrogen-bond donors (Lipinski definition) is 1. The van der Waals surface area contributed by atoms with E-state index in [0.29, 0.717) is 32.2 Å². The Kier molecular flexibility index (Phi) is 3.48. The van der Waals surface area contributed by atoms with Gasteiger partial charge in [0.05, 0.1) is 5.92 Å². The number of nitrogens with zero attached hydrogens (tertiary/aromatic N) is 1. The standard InChI is InChI=1S/C14H21NO4/c16-13(10-3-5-19-6-4-10)15-7-11(9-1-2-9)12(8-15)14(17)18/h9-12H,1-8H2,(H,17,18)/t11-,12+/m0/s1. The Morgan fingerprint density at radius 1 is 1.05 bits per heavy atom. The summed E-state index contributed by atoms with van der Waals surface area (Å²) in [7, 11) is 0. The third kappa shape index (κ3) is 2.61. The van der Waals surface area contributed by atoms with Gasteiger partial charge in [-0.15, -0.1) is 0 Å². The molecule has 2 aliphatic heterocycles. The Labute approximate surface area is 112 Å². The summed E-state index contributed by atoms with van der Waals surface area (Å²) < 4.78 is 5.28. The lowest BCUT2D eigenvalue weighted by atomic mass is 9.92. The predicted octanol–water partition coefficient (Wildman–Crippen LogP) is 0.982. The zero-order valence-corrected chi connectivity index (χ0v) is 11.1. The van der Waals surface area contributed by atoms with Crippen molar-refractivity contribution in [3.8, 4) is 0 Å². The first-order chi connectivity index (χ1) is 9.16. The molecule has 0 aromatic rings. The zero-order valence-electron chi connectivity index (χ0n) is 11.1. The molecule has 1 N–H and O–H groups in total. The van der Waals surface area contributed by atoms with Gasteiger partial charge in [-0.3, -0.25) is 9.59 Å². The molecule has 1 amide bonds. The highest BCUT2D eigenvalue weighted by Gasteiger charge is 2.47. The van der Waals surface area contributed by atoms with Gasteiger partial charge in [0.2, 0.25) is 5.91 Å². The van der Waals surface area contributed by atoms with Crippen molar-refractivity contribution in [2.45, 2.75) is 25.7 Å². The summed E-state index contributed by atoms with van der Waals surface area (Å²) in [5.41, 5.74) is 0. The van der Waals surface area contributed by atoms with Crippen molar-refractivity contribution in [3.63, 3.8) is 0 Å². The highest BCUT2D eigenvalue weighted by molar-refractivity contribution is 5.81. The van der Waals surface area contributed by atoms with Crippen molar-refractivity contribution in [3.05, 3.63) is 0 Å². The van der Waals surface area contributed by atoms with Gasteiger partial charge in [-0.2, -0.15) is 0 Å². The molecule has 0 bridgehead atoms. The molecule has 0 radical (unpaired) electrons. The average molecular weight is 267 g/mol. The smallest absolute Gasteiger partial charge is 0.308 e. The molecule has 106 valence electrons. The molecule has 0 aromatic heterocycles. The Morgan fingerprint density at radius 2 is 1.74 bits per heavy atom. The first kappa shape index (κ1) is 12.9. The number of rotatable bonds is 3. The Bertz CT molecular complexity index is 374. The largest absolute Gasteiger partial charge is 0.481 e. The summed E-state index contributed by atoms with van der Waals surface area (Å²) in [5.74, 6) is -0.177. The van der Waals surface area contributed by atoms with Gasteiger partial charge in [-0.1, -0.05) is 0 Å². The second kappa shape index (κ2) is 5.12. The predicted molar refractivity (Wildman–Crippen MR) is 67.5 cm³/mol. The molecule has 2 atom stereocenters.